The summed E-state index contributed by atoms with van der Waals surface area (Å²) >= 11 is 0.960. The predicted molar refractivity (Wildman–Crippen MR) is 103 cm³/mol. The van der Waals surface area contributed by atoms with Gasteiger partial charge in [0.1, 0.15) is 5.60 Å². The molecule has 1 N–H and O–H groups in total. The summed E-state index contributed by atoms with van der Waals surface area (Å²) in [7, 11) is 0. The van der Waals surface area contributed by atoms with Crippen LogP contribution in [0.3, 0.4) is 0 Å². The van der Waals surface area contributed by atoms with Crippen molar-refractivity contribution < 1.29 is 19.2 Å². The molecule has 148 valence electrons. The van der Waals surface area contributed by atoms with Crippen molar-refractivity contribution in [3.8, 4) is 0 Å². The van der Waals surface area contributed by atoms with E-state index < -0.39 is 16.6 Å². The van der Waals surface area contributed by atoms with Crippen LogP contribution >= 0.6 is 11.5 Å². The van der Waals surface area contributed by atoms with E-state index >= 15 is 0 Å². The largest absolute Gasteiger partial charge is 0.444 e. The molecule has 2 aromatic rings. The van der Waals surface area contributed by atoms with Gasteiger partial charge in [-0.2, -0.15) is 4.37 Å². The van der Waals surface area contributed by atoms with Gasteiger partial charge in [0.05, 0.1) is 11.3 Å². The average Bonchev–Trinajstić information content (AvgIpc) is 3.18. The number of carbonyl (C=O) groups excluding carboxylic acids is 2. The number of amides is 2. The third-order valence-electron chi connectivity index (χ3n) is 3.86. The highest BCUT2D eigenvalue weighted by Gasteiger charge is 2.27. The van der Waals surface area contributed by atoms with E-state index in [2.05, 4.69) is 14.7 Å². The first-order valence-corrected chi connectivity index (χ1v) is 9.30. The maximum absolute atomic E-state index is 12.6. The Morgan fingerprint density at radius 3 is 2.82 bits per heavy atom. The fourth-order valence-corrected chi connectivity index (χ4v) is 3.33. The summed E-state index contributed by atoms with van der Waals surface area (Å²) in [6.07, 6.45) is -0.127. The van der Waals surface area contributed by atoms with E-state index in [0.717, 1.165) is 17.1 Å². The summed E-state index contributed by atoms with van der Waals surface area (Å²) in [4.78, 5) is 40.5. The molecule has 1 aliphatic rings. The van der Waals surface area contributed by atoms with Crippen LogP contribution in [0.5, 0.6) is 0 Å². The number of hydrogen-bond acceptors (Lipinski definition) is 8. The van der Waals surface area contributed by atoms with Gasteiger partial charge in [0.2, 0.25) is 11.0 Å². The first-order chi connectivity index (χ1) is 13.1. The monoisotopic (exact) mass is 405 g/mol. The van der Waals surface area contributed by atoms with Gasteiger partial charge in [-0.15, -0.1) is 0 Å². The molecule has 2 heterocycles. The minimum Gasteiger partial charge on any atom is -0.444 e. The highest BCUT2D eigenvalue weighted by atomic mass is 32.1. The Morgan fingerprint density at radius 1 is 1.39 bits per heavy atom. The van der Waals surface area contributed by atoms with Crippen molar-refractivity contribution in [1.82, 2.24) is 9.36 Å². The quantitative estimate of drug-likeness (QED) is 0.612. The molecule has 0 radical (unpaired) electrons. The van der Waals surface area contributed by atoms with Crippen LogP contribution in [-0.4, -0.2) is 38.4 Å². The van der Waals surface area contributed by atoms with E-state index in [1.54, 1.807) is 31.7 Å². The number of aromatic nitrogens is 2. The number of ether oxygens (including phenoxy) is 1. The standard InChI is InChI=1S/C17H19N5O5S/c1-17(2,3)27-16(24)19-15-18-13(20-28-15)9-14(23)21-7-6-10-8-11(22(25)26)4-5-12(10)21/h4-5,8H,6-7,9H2,1-3H3,(H,18,19,20,24). The number of rotatable bonds is 4. The molecule has 0 aliphatic carbocycles. The molecule has 2 amide bonds. The molecule has 1 aliphatic heterocycles. The van der Waals surface area contributed by atoms with E-state index in [0.29, 0.717) is 18.7 Å². The zero-order valence-electron chi connectivity index (χ0n) is 15.6. The number of non-ortho nitro benzene ring substituents is 1. The second-order valence-corrected chi connectivity index (χ2v) is 7.94. The van der Waals surface area contributed by atoms with E-state index in [1.807, 2.05) is 0 Å². The lowest BCUT2D eigenvalue weighted by Crippen LogP contribution is -2.30. The number of carbonyl (C=O) groups is 2. The fourth-order valence-electron chi connectivity index (χ4n) is 2.76. The van der Waals surface area contributed by atoms with Gasteiger partial charge in [0.25, 0.3) is 5.69 Å². The number of nitro benzene ring substituents is 1. The molecule has 1 aromatic carbocycles. The van der Waals surface area contributed by atoms with E-state index in [-0.39, 0.29) is 29.0 Å². The van der Waals surface area contributed by atoms with Gasteiger partial charge >= 0.3 is 6.09 Å². The third-order valence-corrected chi connectivity index (χ3v) is 4.52. The molecule has 0 fully saturated rings. The second-order valence-electron chi connectivity index (χ2n) is 7.18. The Bertz CT molecular complexity index is 936. The van der Waals surface area contributed by atoms with Crippen molar-refractivity contribution in [1.29, 1.82) is 0 Å². The van der Waals surface area contributed by atoms with Crippen LogP contribution in [0.4, 0.5) is 21.3 Å². The lowest BCUT2D eigenvalue weighted by atomic mass is 10.1. The molecule has 0 spiro atoms. The van der Waals surface area contributed by atoms with Gasteiger partial charge in [0, 0.05) is 35.9 Å². The van der Waals surface area contributed by atoms with E-state index in [4.69, 9.17) is 4.74 Å². The number of anilines is 2. The minimum absolute atomic E-state index is 0.00655. The van der Waals surface area contributed by atoms with Crippen LogP contribution in [0.1, 0.15) is 32.2 Å². The Labute approximate surface area is 164 Å². The normalized spacial score (nSPS) is 13.2. The van der Waals surface area contributed by atoms with Gasteiger partial charge in [-0.25, -0.2) is 9.78 Å². The third kappa shape index (κ3) is 4.60. The van der Waals surface area contributed by atoms with E-state index in [1.165, 1.54) is 12.1 Å². The SMILES string of the molecule is CC(C)(C)OC(=O)Nc1nc(CC(=O)N2CCc3cc([N+](=O)[O-])ccc32)ns1. The molecule has 0 atom stereocenters. The molecule has 0 unspecified atom stereocenters. The molecular formula is C17H19N5O5S. The van der Waals surface area contributed by atoms with Gasteiger partial charge in [-0.1, -0.05) is 0 Å². The van der Waals surface area contributed by atoms with Crippen molar-refractivity contribution in [2.24, 2.45) is 0 Å². The van der Waals surface area contributed by atoms with Crippen LogP contribution < -0.4 is 10.2 Å². The smallest absolute Gasteiger partial charge is 0.414 e. The number of nitrogens with one attached hydrogen (secondary N) is 1. The van der Waals surface area contributed by atoms with Crippen LogP contribution in [0, 0.1) is 10.1 Å². The summed E-state index contributed by atoms with van der Waals surface area (Å²) in [5.41, 5.74) is 0.803. The van der Waals surface area contributed by atoms with Crippen molar-refractivity contribution in [2.75, 3.05) is 16.8 Å². The van der Waals surface area contributed by atoms with Crippen LogP contribution in [0.25, 0.3) is 0 Å². The van der Waals surface area contributed by atoms with Crippen LogP contribution in [-0.2, 0) is 22.4 Å². The van der Waals surface area contributed by atoms with E-state index in [9.17, 15) is 19.7 Å². The highest BCUT2D eigenvalue weighted by Crippen LogP contribution is 2.31. The molecule has 10 nitrogen and oxygen atoms in total. The Morgan fingerprint density at radius 2 is 2.14 bits per heavy atom. The molecule has 0 saturated heterocycles. The zero-order chi connectivity index (χ0) is 20.5. The maximum atomic E-state index is 12.6. The number of nitrogens with zero attached hydrogens (tertiary/aromatic N) is 4. The lowest BCUT2D eigenvalue weighted by Gasteiger charge is -2.18. The first kappa shape index (κ1) is 19.7. The van der Waals surface area contributed by atoms with Gasteiger partial charge in [-0.3, -0.25) is 20.2 Å². The molecule has 28 heavy (non-hydrogen) atoms. The number of hydrogen-bond donors (Lipinski definition) is 1. The summed E-state index contributed by atoms with van der Waals surface area (Å²) in [5, 5.41) is 13.6. The van der Waals surface area contributed by atoms with Crippen LogP contribution in [0.15, 0.2) is 18.2 Å². The molecular weight excluding hydrogens is 386 g/mol. The summed E-state index contributed by atoms with van der Waals surface area (Å²) in [6, 6.07) is 4.46. The average molecular weight is 405 g/mol. The first-order valence-electron chi connectivity index (χ1n) is 8.52. The molecule has 3 rings (SSSR count). The molecule has 11 heteroatoms. The summed E-state index contributed by atoms with van der Waals surface area (Å²) in [6.45, 7) is 5.69. The van der Waals surface area contributed by atoms with Gasteiger partial charge < -0.3 is 9.64 Å². The summed E-state index contributed by atoms with van der Waals surface area (Å²) in [5.74, 6) is 0.0747. The molecule has 0 bridgehead atoms. The fraction of sp³-hybridized carbons (Fsp3) is 0.412. The Hall–Kier alpha value is -3.08. The lowest BCUT2D eigenvalue weighted by molar-refractivity contribution is -0.384. The van der Waals surface area contributed by atoms with Crippen molar-refractivity contribution in [3.05, 3.63) is 39.7 Å². The summed E-state index contributed by atoms with van der Waals surface area (Å²) < 4.78 is 9.24. The number of fused-ring (bicyclic) bond motifs is 1. The minimum atomic E-state index is -0.642. The Kier molecular flexibility index (Phi) is 5.27. The second kappa shape index (κ2) is 7.50. The highest BCUT2D eigenvalue weighted by molar-refractivity contribution is 7.09. The topological polar surface area (TPSA) is 128 Å². The molecule has 1 aromatic heterocycles. The van der Waals surface area contributed by atoms with Crippen LogP contribution in [0.2, 0.25) is 0 Å². The number of nitro groups is 1. The van der Waals surface area contributed by atoms with Gasteiger partial charge in [0.15, 0.2) is 5.82 Å². The number of benzene rings is 1. The van der Waals surface area contributed by atoms with Crippen molar-refractivity contribution in [2.45, 2.75) is 39.2 Å². The van der Waals surface area contributed by atoms with Gasteiger partial charge in [-0.05, 0) is 38.8 Å². The van der Waals surface area contributed by atoms with Crippen molar-refractivity contribution >= 4 is 40.0 Å². The zero-order valence-corrected chi connectivity index (χ0v) is 16.4. The predicted octanol–water partition coefficient (Wildman–Crippen LogP) is 2.93. The maximum Gasteiger partial charge on any atom is 0.414 e. The Balaban J connectivity index is 1.63. The van der Waals surface area contributed by atoms with Crippen molar-refractivity contribution in [3.63, 3.8) is 0 Å². The molecule has 0 saturated carbocycles.